The van der Waals surface area contributed by atoms with Gasteiger partial charge in [0.1, 0.15) is 23.6 Å². The first-order chi connectivity index (χ1) is 20.8. The number of halogens is 2. The third-order valence-electron chi connectivity index (χ3n) is 9.11. The number of amides is 1. The number of carbonyl (C=O) groups excluding carboxylic acids is 1. The van der Waals surface area contributed by atoms with Crippen molar-refractivity contribution >= 4 is 22.6 Å². The van der Waals surface area contributed by atoms with Gasteiger partial charge in [0.2, 0.25) is 0 Å². The molecule has 1 aliphatic carbocycles. The van der Waals surface area contributed by atoms with Crippen LogP contribution in [0.3, 0.4) is 0 Å². The van der Waals surface area contributed by atoms with Gasteiger partial charge in [0.25, 0.3) is 5.91 Å². The van der Waals surface area contributed by atoms with Crippen LogP contribution in [0.5, 0.6) is 6.01 Å². The van der Waals surface area contributed by atoms with Gasteiger partial charge in [0.05, 0.1) is 23.9 Å². The average Bonchev–Trinajstić information content (AvgIpc) is 3.60. The van der Waals surface area contributed by atoms with E-state index >= 15 is 4.39 Å². The molecule has 0 spiro atoms. The first kappa shape index (κ1) is 28.9. The van der Waals surface area contributed by atoms with E-state index in [1.807, 2.05) is 24.1 Å². The van der Waals surface area contributed by atoms with Gasteiger partial charge in [0, 0.05) is 37.4 Å². The summed E-state index contributed by atoms with van der Waals surface area (Å²) in [6.45, 7) is 7.25. The number of aromatic nitrogens is 3. The topological polar surface area (TPSA) is 98.5 Å². The van der Waals surface area contributed by atoms with E-state index in [1.165, 1.54) is 10.5 Å². The Morgan fingerprint density at radius 3 is 2.79 bits per heavy atom. The maximum Gasteiger partial charge on any atom is 0.319 e. The van der Waals surface area contributed by atoms with Crippen molar-refractivity contribution in [3.63, 3.8) is 0 Å². The van der Waals surface area contributed by atoms with Crippen LogP contribution in [0.1, 0.15) is 49.7 Å². The normalized spacial score (nSPS) is 22.1. The number of carbonyl (C=O) groups is 1. The number of fused-ring (bicyclic) bond motifs is 2. The molecule has 6 rings (SSSR count). The molecule has 0 radical (unpaired) electrons. The number of nitriles is 1. The van der Waals surface area contributed by atoms with Gasteiger partial charge >= 0.3 is 6.01 Å². The first-order valence-electron chi connectivity index (χ1n) is 14.9. The Kier molecular flexibility index (Phi) is 7.97. The monoisotopic (exact) mass is 587 g/mol. The third-order valence-corrected chi connectivity index (χ3v) is 9.11. The lowest BCUT2D eigenvalue weighted by atomic mass is 9.94. The Balaban J connectivity index is 1.42. The quantitative estimate of drug-likeness (QED) is 0.365. The zero-order chi connectivity index (χ0) is 30.2. The van der Waals surface area contributed by atoms with Crippen molar-refractivity contribution in [3.05, 3.63) is 53.7 Å². The summed E-state index contributed by atoms with van der Waals surface area (Å²) in [5.74, 6) is -1.76. The Labute approximate surface area is 249 Å². The van der Waals surface area contributed by atoms with Gasteiger partial charge in [0.15, 0.2) is 11.6 Å². The summed E-state index contributed by atoms with van der Waals surface area (Å²) in [4.78, 5) is 31.8. The number of aryl methyl sites for hydroxylation is 1. The minimum atomic E-state index is -1.07. The van der Waals surface area contributed by atoms with Crippen LogP contribution in [0.2, 0.25) is 0 Å². The van der Waals surface area contributed by atoms with Gasteiger partial charge in [-0.15, -0.1) is 0 Å². The van der Waals surface area contributed by atoms with Crippen molar-refractivity contribution in [2.75, 3.05) is 44.7 Å². The zero-order valence-corrected chi connectivity index (χ0v) is 24.5. The second kappa shape index (κ2) is 11.8. The van der Waals surface area contributed by atoms with Crippen LogP contribution in [0.4, 0.5) is 14.6 Å². The van der Waals surface area contributed by atoms with Gasteiger partial charge in [-0.2, -0.15) is 15.2 Å². The van der Waals surface area contributed by atoms with Crippen LogP contribution in [0.25, 0.3) is 22.2 Å². The number of rotatable bonds is 7. The fraction of sp³-hybridized carbons (Fsp3) is 0.469. The minimum absolute atomic E-state index is 0.00995. The van der Waals surface area contributed by atoms with Gasteiger partial charge in [-0.05, 0) is 56.3 Å². The van der Waals surface area contributed by atoms with Crippen LogP contribution < -0.4 is 9.64 Å². The molecule has 9 nitrogen and oxygen atoms in total. The molecule has 3 aromatic rings. The standard InChI is InChI=1S/C32H35F2N7O2/c1-19-9-10-21-6-4-8-24(26(19)21)28-27(34)29-25(16-36-28)30(38-32(37-29)43-18-23-7-5-13-39(23)3)40-14-15-41(31(42)20(2)33)22(17-40)11-12-35/h4,6,8,16,19,22-23H,2,5,7,9-11,13-15,17-18H2,1,3H3/t19?,22-,23-/m0/s1. The lowest BCUT2D eigenvalue weighted by molar-refractivity contribution is -0.131. The fourth-order valence-electron chi connectivity index (χ4n) is 6.76. The summed E-state index contributed by atoms with van der Waals surface area (Å²) in [5.41, 5.74) is 3.44. The third kappa shape index (κ3) is 5.40. The lowest BCUT2D eigenvalue weighted by Gasteiger charge is -2.41. The van der Waals surface area contributed by atoms with E-state index in [9.17, 15) is 14.4 Å². The van der Waals surface area contributed by atoms with Gasteiger partial charge < -0.3 is 19.4 Å². The maximum atomic E-state index is 16.6. The molecule has 43 heavy (non-hydrogen) atoms. The summed E-state index contributed by atoms with van der Waals surface area (Å²) in [6, 6.07) is 7.69. The van der Waals surface area contributed by atoms with E-state index in [-0.39, 0.29) is 49.3 Å². The average molecular weight is 588 g/mol. The molecule has 0 bridgehead atoms. The van der Waals surface area contributed by atoms with E-state index in [1.54, 1.807) is 6.20 Å². The molecular weight excluding hydrogens is 552 g/mol. The van der Waals surface area contributed by atoms with Crippen molar-refractivity contribution < 1.29 is 18.3 Å². The predicted octanol–water partition coefficient (Wildman–Crippen LogP) is 4.77. The lowest BCUT2D eigenvalue weighted by Crippen LogP contribution is -2.55. The van der Waals surface area contributed by atoms with E-state index in [0.29, 0.717) is 23.7 Å². The number of hydrogen-bond donors (Lipinski definition) is 0. The van der Waals surface area contributed by atoms with Crippen LogP contribution in [0, 0.1) is 17.1 Å². The number of benzene rings is 1. The molecule has 3 atom stereocenters. The Bertz CT molecular complexity index is 1620. The van der Waals surface area contributed by atoms with Crippen molar-refractivity contribution in [3.8, 4) is 23.3 Å². The van der Waals surface area contributed by atoms with Crippen LogP contribution in [-0.2, 0) is 11.2 Å². The number of nitrogens with zero attached hydrogens (tertiary/aromatic N) is 7. The summed E-state index contributed by atoms with van der Waals surface area (Å²) in [7, 11) is 2.05. The van der Waals surface area contributed by atoms with Gasteiger partial charge in [-0.1, -0.05) is 31.7 Å². The molecule has 1 unspecified atom stereocenters. The van der Waals surface area contributed by atoms with Crippen LogP contribution >= 0.6 is 0 Å². The highest BCUT2D eigenvalue weighted by molar-refractivity contribution is 5.93. The van der Waals surface area contributed by atoms with E-state index in [4.69, 9.17) is 9.72 Å². The number of anilines is 1. The molecule has 1 amide bonds. The second-order valence-electron chi connectivity index (χ2n) is 11.8. The Morgan fingerprint density at radius 1 is 1.21 bits per heavy atom. The molecule has 11 heteroatoms. The molecule has 2 aromatic heterocycles. The summed E-state index contributed by atoms with van der Waals surface area (Å²) < 4.78 is 36.4. The van der Waals surface area contributed by atoms with E-state index in [0.717, 1.165) is 43.4 Å². The predicted molar refractivity (Wildman–Crippen MR) is 159 cm³/mol. The van der Waals surface area contributed by atoms with Gasteiger partial charge in [-0.25, -0.2) is 8.78 Å². The smallest absolute Gasteiger partial charge is 0.319 e. The zero-order valence-electron chi connectivity index (χ0n) is 24.5. The van der Waals surface area contributed by atoms with Crippen molar-refractivity contribution in [1.29, 1.82) is 5.26 Å². The molecule has 4 heterocycles. The number of ether oxygens (including phenoxy) is 1. The number of likely N-dealkylation sites (tertiary alicyclic amines) is 1. The van der Waals surface area contributed by atoms with Gasteiger partial charge in [-0.3, -0.25) is 9.78 Å². The Hall–Kier alpha value is -4.17. The molecular formula is C32H35F2N7O2. The first-order valence-corrected chi connectivity index (χ1v) is 14.9. The largest absolute Gasteiger partial charge is 0.462 e. The fourth-order valence-corrected chi connectivity index (χ4v) is 6.76. The molecule has 224 valence electrons. The van der Waals surface area contributed by atoms with Crippen molar-refractivity contribution in [2.45, 2.75) is 57.0 Å². The number of pyridine rings is 1. The minimum Gasteiger partial charge on any atom is -0.462 e. The summed E-state index contributed by atoms with van der Waals surface area (Å²) >= 11 is 0. The second-order valence-corrected chi connectivity index (χ2v) is 11.8. The molecule has 0 N–H and O–H groups in total. The summed E-state index contributed by atoms with van der Waals surface area (Å²) in [6.07, 6.45) is 5.61. The van der Waals surface area contributed by atoms with Crippen LogP contribution in [0.15, 0.2) is 36.8 Å². The van der Waals surface area contributed by atoms with Crippen molar-refractivity contribution in [1.82, 2.24) is 24.8 Å². The van der Waals surface area contributed by atoms with E-state index in [2.05, 4.69) is 40.5 Å². The molecule has 2 aliphatic heterocycles. The molecule has 2 saturated heterocycles. The molecule has 1 aromatic carbocycles. The number of likely N-dealkylation sites (N-methyl/N-ethyl adjacent to an activating group) is 1. The highest BCUT2D eigenvalue weighted by Gasteiger charge is 2.34. The molecule has 3 aliphatic rings. The maximum absolute atomic E-state index is 16.6. The van der Waals surface area contributed by atoms with E-state index < -0.39 is 23.6 Å². The SMILES string of the molecule is C=C(F)C(=O)N1CCN(c2nc(OC[C@@H]3CCCN3C)nc3c(F)c(-c4cccc5c4C(C)CC5)ncc23)C[C@@H]1CC#N. The molecule has 0 saturated carbocycles. The highest BCUT2D eigenvalue weighted by Crippen LogP contribution is 2.41. The van der Waals surface area contributed by atoms with Crippen LogP contribution in [-0.4, -0.2) is 82.6 Å². The summed E-state index contributed by atoms with van der Waals surface area (Å²) in [5, 5.41) is 9.85. The highest BCUT2D eigenvalue weighted by atomic mass is 19.1. The number of piperazine rings is 1. The Morgan fingerprint density at radius 2 is 2.05 bits per heavy atom. The molecule has 2 fully saturated rings. The van der Waals surface area contributed by atoms with Crippen molar-refractivity contribution in [2.24, 2.45) is 0 Å². The number of hydrogen-bond acceptors (Lipinski definition) is 8.